The molecule has 0 aromatic heterocycles. The number of aliphatic hydroxyl groups excluding tert-OH is 1. The molecule has 2 aromatic carbocycles. The van der Waals surface area contributed by atoms with Crippen molar-refractivity contribution in [1.29, 1.82) is 0 Å². The monoisotopic (exact) mass is 571 g/mol. The molecule has 1 spiro atoms. The van der Waals surface area contributed by atoms with Crippen molar-refractivity contribution in [1.82, 2.24) is 9.80 Å². The number of likely N-dealkylation sites (tertiary alicyclic amines) is 1. The number of carbonyl (C=O) groups excluding carboxylic acids is 3. The van der Waals surface area contributed by atoms with E-state index in [2.05, 4.69) is 13.2 Å². The summed E-state index contributed by atoms with van der Waals surface area (Å²) < 4.78 is 6.90. The van der Waals surface area contributed by atoms with E-state index in [0.717, 1.165) is 5.56 Å². The van der Waals surface area contributed by atoms with Crippen molar-refractivity contribution >= 4 is 23.4 Å². The van der Waals surface area contributed by atoms with Gasteiger partial charge in [0.25, 0.3) is 0 Å². The summed E-state index contributed by atoms with van der Waals surface area (Å²) in [5.74, 6) is -2.61. The van der Waals surface area contributed by atoms with Crippen LogP contribution in [0.25, 0.3) is 0 Å². The largest absolute Gasteiger partial charge is 0.394 e. The summed E-state index contributed by atoms with van der Waals surface area (Å²) >= 11 is 0. The summed E-state index contributed by atoms with van der Waals surface area (Å²) in [6.45, 7) is 13.9. The van der Waals surface area contributed by atoms with Crippen molar-refractivity contribution in [3.8, 4) is 0 Å². The van der Waals surface area contributed by atoms with Crippen molar-refractivity contribution < 1.29 is 24.2 Å². The van der Waals surface area contributed by atoms with Crippen LogP contribution in [-0.4, -0.2) is 75.6 Å². The second-order valence-corrected chi connectivity index (χ2v) is 12.0. The molecule has 3 saturated heterocycles. The fourth-order valence-electron chi connectivity index (χ4n) is 7.49. The van der Waals surface area contributed by atoms with Gasteiger partial charge in [0.05, 0.1) is 30.1 Å². The minimum Gasteiger partial charge on any atom is -0.394 e. The molecular formula is C34H41N3O5. The zero-order chi connectivity index (χ0) is 30.2. The van der Waals surface area contributed by atoms with Crippen LogP contribution in [0.2, 0.25) is 0 Å². The third-order valence-electron chi connectivity index (χ3n) is 9.51. The van der Waals surface area contributed by atoms with Gasteiger partial charge in [-0.15, -0.1) is 13.2 Å². The highest BCUT2D eigenvalue weighted by Gasteiger charge is 2.80. The number of ether oxygens (including phenoxy) is 1. The fraction of sp³-hybridized carbons (Fsp3) is 0.441. The Balaban J connectivity index is 1.60. The zero-order valence-corrected chi connectivity index (χ0v) is 24.7. The van der Waals surface area contributed by atoms with E-state index in [1.54, 1.807) is 28.9 Å². The number of aliphatic hydroxyl groups is 1. The molecule has 222 valence electrons. The summed E-state index contributed by atoms with van der Waals surface area (Å²) in [5.41, 5.74) is -0.518. The molecule has 3 fully saturated rings. The Morgan fingerprint density at radius 2 is 1.69 bits per heavy atom. The van der Waals surface area contributed by atoms with Crippen LogP contribution < -0.4 is 4.90 Å². The third kappa shape index (κ3) is 4.57. The average Bonchev–Trinajstić information content (AvgIpc) is 3.52. The van der Waals surface area contributed by atoms with Crippen LogP contribution >= 0.6 is 0 Å². The van der Waals surface area contributed by atoms with Crippen molar-refractivity contribution in [2.75, 3.05) is 24.6 Å². The van der Waals surface area contributed by atoms with Gasteiger partial charge in [0.1, 0.15) is 11.6 Å². The lowest BCUT2D eigenvalue weighted by Crippen LogP contribution is -2.58. The summed E-state index contributed by atoms with van der Waals surface area (Å²) in [5, 5.41) is 10.2. The zero-order valence-electron chi connectivity index (χ0n) is 24.7. The van der Waals surface area contributed by atoms with E-state index in [4.69, 9.17) is 4.74 Å². The molecule has 42 heavy (non-hydrogen) atoms. The second kappa shape index (κ2) is 11.5. The van der Waals surface area contributed by atoms with Gasteiger partial charge in [-0.1, -0.05) is 67.6 Å². The molecule has 8 nitrogen and oxygen atoms in total. The average molecular weight is 572 g/mol. The van der Waals surface area contributed by atoms with Gasteiger partial charge < -0.3 is 24.5 Å². The van der Waals surface area contributed by atoms with E-state index >= 15 is 0 Å². The van der Waals surface area contributed by atoms with Crippen LogP contribution in [0.3, 0.4) is 0 Å². The Hall–Kier alpha value is -3.75. The normalized spacial score (nSPS) is 30.1. The number of amides is 3. The molecule has 3 amide bonds. The molecule has 0 radical (unpaired) electrons. The Morgan fingerprint density at radius 1 is 1.07 bits per heavy atom. The Kier molecular flexibility index (Phi) is 8.14. The van der Waals surface area contributed by atoms with Gasteiger partial charge >= 0.3 is 0 Å². The number of para-hydroxylation sites is 1. The Labute approximate surface area is 248 Å². The second-order valence-electron chi connectivity index (χ2n) is 12.0. The SMILES string of the molecule is C=CCN(Cc1ccccc1)C(=O)C1N([C@H](C)CO)C(=O)[C@@H]2[C@H](C(=O)N(CC=C)c3ccccc3)[C@@]3(C)OC12CC3C. The maximum atomic E-state index is 14.6. The Morgan fingerprint density at radius 3 is 2.29 bits per heavy atom. The number of nitrogens with zero attached hydrogens (tertiary/aromatic N) is 3. The van der Waals surface area contributed by atoms with Gasteiger partial charge in [0.2, 0.25) is 17.7 Å². The summed E-state index contributed by atoms with van der Waals surface area (Å²) in [7, 11) is 0. The van der Waals surface area contributed by atoms with Gasteiger partial charge in [-0.25, -0.2) is 0 Å². The van der Waals surface area contributed by atoms with Crippen molar-refractivity contribution in [3.05, 3.63) is 91.5 Å². The van der Waals surface area contributed by atoms with E-state index in [9.17, 15) is 19.5 Å². The maximum absolute atomic E-state index is 14.6. The molecule has 0 saturated carbocycles. The molecule has 2 aromatic rings. The molecule has 1 N–H and O–H groups in total. The van der Waals surface area contributed by atoms with E-state index in [1.807, 2.05) is 74.5 Å². The standard InChI is InChI=1S/C34H41N3O5/c1-6-18-35(21-25-14-10-8-11-15-25)32(41)29-34-20-23(3)33(5,42-34)27(28(34)31(40)37(29)24(4)22-38)30(39)36(19-7-2)26-16-12-9-13-17-26/h6-17,23-24,27-29,38H,1-2,18-22H2,3-5H3/t23?,24-,27-,28+,29?,33+,34?/m1/s1. The van der Waals surface area contributed by atoms with Crippen LogP contribution in [0, 0.1) is 17.8 Å². The van der Waals surface area contributed by atoms with Crippen LogP contribution in [0.4, 0.5) is 5.69 Å². The third-order valence-corrected chi connectivity index (χ3v) is 9.51. The number of rotatable bonds is 11. The highest BCUT2D eigenvalue weighted by Crippen LogP contribution is 2.65. The van der Waals surface area contributed by atoms with Crippen LogP contribution in [0.1, 0.15) is 32.8 Å². The molecule has 2 bridgehead atoms. The summed E-state index contributed by atoms with van der Waals surface area (Å²) in [4.78, 5) is 48.4. The highest BCUT2D eigenvalue weighted by molar-refractivity contribution is 6.03. The van der Waals surface area contributed by atoms with Crippen molar-refractivity contribution in [3.63, 3.8) is 0 Å². The maximum Gasteiger partial charge on any atom is 0.249 e. The number of benzene rings is 2. The van der Waals surface area contributed by atoms with Crippen LogP contribution in [0.15, 0.2) is 86.0 Å². The first-order valence-corrected chi connectivity index (χ1v) is 14.7. The van der Waals surface area contributed by atoms with Crippen molar-refractivity contribution in [2.24, 2.45) is 17.8 Å². The van der Waals surface area contributed by atoms with Gasteiger partial charge in [-0.2, -0.15) is 0 Å². The lowest BCUT2D eigenvalue weighted by Gasteiger charge is -2.39. The van der Waals surface area contributed by atoms with E-state index in [-0.39, 0.29) is 43.3 Å². The molecule has 3 aliphatic heterocycles. The van der Waals surface area contributed by atoms with Crippen LogP contribution in [-0.2, 0) is 25.7 Å². The van der Waals surface area contributed by atoms with E-state index < -0.39 is 35.1 Å². The minimum atomic E-state index is -1.21. The van der Waals surface area contributed by atoms with E-state index in [0.29, 0.717) is 18.7 Å². The summed E-state index contributed by atoms with van der Waals surface area (Å²) in [6.07, 6.45) is 3.79. The lowest BCUT2D eigenvalue weighted by atomic mass is 9.62. The minimum absolute atomic E-state index is 0.0986. The van der Waals surface area contributed by atoms with E-state index in [1.165, 1.54) is 4.90 Å². The molecule has 3 heterocycles. The first kappa shape index (κ1) is 29.7. The number of hydrogen-bond donors (Lipinski definition) is 1. The van der Waals surface area contributed by atoms with Crippen molar-refractivity contribution in [2.45, 2.75) is 57.0 Å². The number of fused-ring (bicyclic) bond motifs is 1. The molecule has 8 heteroatoms. The highest BCUT2D eigenvalue weighted by atomic mass is 16.5. The molecule has 5 rings (SSSR count). The molecule has 3 aliphatic rings. The van der Waals surface area contributed by atoms with Gasteiger partial charge in [-0.05, 0) is 43.9 Å². The quantitative estimate of drug-likeness (QED) is 0.415. The molecule has 7 atom stereocenters. The smallest absolute Gasteiger partial charge is 0.249 e. The predicted molar refractivity (Wildman–Crippen MR) is 161 cm³/mol. The topological polar surface area (TPSA) is 90.4 Å². The number of hydrogen-bond acceptors (Lipinski definition) is 5. The van der Waals surface area contributed by atoms with Gasteiger partial charge in [0.15, 0.2) is 0 Å². The summed E-state index contributed by atoms with van der Waals surface area (Å²) in [6, 6.07) is 17.3. The molecular weight excluding hydrogens is 530 g/mol. The van der Waals surface area contributed by atoms with Gasteiger partial charge in [0, 0.05) is 25.3 Å². The predicted octanol–water partition coefficient (Wildman–Crippen LogP) is 3.81. The van der Waals surface area contributed by atoms with Gasteiger partial charge in [-0.3, -0.25) is 14.4 Å². The first-order valence-electron chi connectivity index (χ1n) is 14.7. The lowest BCUT2D eigenvalue weighted by molar-refractivity contribution is -0.155. The molecule has 0 aliphatic carbocycles. The first-order chi connectivity index (χ1) is 20.1. The fourth-order valence-corrected chi connectivity index (χ4v) is 7.49. The number of carbonyl (C=O) groups is 3. The Bertz CT molecular complexity index is 1350. The molecule has 3 unspecified atom stereocenters. The number of anilines is 1. The van der Waals surface area contributed by atoms with Crippen LogP contribution in [0.5, 0.6) is 0 Å².